The standard InChI is InChI=1S/C15H14N2O3/c1-17(9-12-3-2-6-20-12)15(19)11-5-4-10-8-14(18)16-13(10)7-11/h2-7H,8-9H2,1H3,(H,16,18). The van der Waals surface area contributed by atoms with Crippen molar-refractivity contribution in [1.82, 2.24) is 4.90 Å². The minimum absolute atomic E-state index is 0.0338. The lowest BCUT2D eigenvalue weighted by Crippen LogP contribution is -2.26. The molecule has 0 aliphatic carbocycles. The Morgan fingerprint density at radius 2 is 2.25 bits per heavy atom. The maximum Gasteiger partial charge on any atom is 0.254 e. The first-order valence-corrected chi connectivity index (χ1v) is 6.34. The molecule has 1 N–H and O–H groups in total. The van der Waals surface area contributed by atoms with Crippen LogP contribution in [0.25, 0.3) is 0 Å². The van der Waals surface area contributed by atoms with E-state index in [1.165, 1.54) is 0 Å². The van der Waals surface area contributed by atoms with Gasteiger partial charge in [0.1, 0.15) is 5.76 Å². The van der Waals surface area contributed by atoms with Crippen molar-refractivity contribution in [3.8, 4) is 0 Å². The van der Waals surface area contributed by atoms with Crippen LogP contribution < -0.4 is 5.32 Å². The molecule has 2 amide bonds. The van der Waals surface area contributed by atoms with Gasteiger partial charge in [-0.25, -0.2) is 0 Å². The van der Waals surface area contributed by atoms with Crippen molar-refractivity contribution >= 4 is 17.5 Å². The second-order valence-corrected chi connectivity index (χ2v) is 4.84. The second-order valence-electron chi connectivity index (χ2n) is 4.84. The minimum Gasteiger partial charge on any atom is -0.467 e. The first-order chi connectivity index (χ1) is 9.63. The zero-order valence-electron chi connectivity index (χ0n) is 11.1. The highest BCUT2D eigenvalue weighted by Gasteiger charge is 2.20. The van der Waals surface area contributed by atoms with Crippen LogP contribution >= 0.6 is 0 Å². The van der Waals surface area contributed by atoms with Gasteiger partial charge in [0.15, 0.2) is 0 Å². The van der Waals surface area contributed by atoms with E-state index in [0.717, 1.165) is 17.0 Å². The van der Waals surface area contributed by atoms with Crippen LogP contribution in [0.15, 0.2) is 41.0 Å². The topological polar surface area (TPSA) is 62.6 Å². The lowest BCUT2D eigenvalue weighted by atomic mass is 10.1. The number of nitrogens with one attached hydrogen (secondary N) is 1. The number of anilines is 1. The first-order valence-electron chi connectivity index (χ1n) is 6.34. The molecule has 0 bridgehead atoms. The Kier molecular flexibility index (Phi) is 3.02. The van der Waals surface area contributed by atoms with Gasteiger partial charge in [0.25, 0.3) is 5.91 Å². The van der Waals surface area contributed by atoms with Gasteiger partial charge < -0.3 is 14.6 Å². The Morgan fingerprint density at radius 1 is 1.40 bits per heavy atom. The second kappa shape index (κ2) is 4.85. The van der Waals surface area contributed by atoms with E-state index in [2.05, 4.69) is 5.32 Å². The summed E-state index contributed by atoms with van der Waals surface area (Å²) in [7, 11) is 1.72. The lowest BCUT2D eigenvalue weighted by Gasteiger charge is -2.16. The Bertz CT molecular complexity index is 662. The van der Waals surface area contributed by atoms with E-state index in [0.29, 0.717) is 18.5 Å². The summed E-state index contributed by atoms with van der Waals surface area (Å²) in [4.78, 5) is 25.2. The highest BCUT2D eigenvalue weighted by atomic mass is 16.3. The SMILES string of the molecule is CN(Cc1ccco1)C(=O)c1ccc2c(c1)NC(=O)C2. The number of benzene rings is 1. The molecule has 2 aromatic rings. The van der Waals surface area contributed by atoms with Gasteiger partial charge in [-0.1, -0.05) is 6.07 Å². The fourth-order valence-electron chi connectivity index (χ4n) is 2.28. The molecule has 0 saturated carbocycles. The normalized spacial score (nSPS) is 12.9. The van der Waals surface area contributed by atoms with Gasteiger partial charge in [-0.2, -0.15) is 0 Å². The molecule has 1 aromatic carbocycles. The van der Waals surface area contributed by atoms with Crippen molar-refractivity contribution in [2.75, 3.05) is 12.4 Å². The van der Waals surface area contributed by atoms with E-state index < -0.39 is 0 Å². The summed E-state index contributed by atoms with van der Waals surface area (Å²) in [6.45, 7) is 0.412. The maximum absolute atomic E-state index is 12.3. The average molecular weight is 270 g/mol. The molecule has 0 unspecified atom stereocenters. The third kappa shape index (κ3) is 2.30. The number of hydrogen-bond acceptors (Lipinski definition) is 3. The molecule has 0 saturated heterocycles. The van der Waals surface area contributed by atoms with Crippen LogP contribution in [0.2, 0.25) is 0 Å². The third-order valence-corrected chi connectivity index (χ3v) is 3.30. The van der Waals surface area contributed by atoms with Crippen molar-refractivity contribution in [2.45, 2.75) is 13.0 Å². The molecule has 1 aromatic heterocycles. The highest BCUT2D eigenvalue weighted by Crippen LogP contribution is 2.24. The number of fused-ring (bicyclic) bond motifs is 1. The summed E-state index contributed by atoms with van der Waals surface area (Å²) in [5, 5.41) is 2.75. The van der Waals surface area contributed by atoms with E-state index in [1.54, 1.807) is 36.4 Å². The number of amides is 2. The summed E-state index contributed by atoms with van der Waals surface area (Å²) in [5.74, 6) is 0.592. The Labute approximate surface area is 116 Å². The maximum atomic E-state index is 12.3. The van der Waals surface area contributed by atoms with Crippen LogP contribution in [0.5, 0.6) is 0 Å². The van der Waals surface area contributed by atoms with Gasteiger partial charge in [-0.3, -0.25) is 9.59 Å². The number of hydrogen-bond donors (Lipinski definition) is 1. The molecular weight excluding hydrogens is 256 g/mol. The number of carbonyl (C=O) groups excluding carboxylic acids is 2. The zero-order valence-corrected chi connectivity index (χ0v) is 11.1. The van der Waals surface area contributed by atoms with Crippen molar-refractivity contribution in [3.05, 3.63) is 53.5 Å². The smallest absolute Gasteiger partial charge is 0.254 e. The Balaban J connectivity index is 1.77. The predicted molar refractivity (Wildman–Crippen MR) is 73.3 cm³/mol. The molecule has 5 heteroatoms. The van der Waals surface area contributed by atoms with Gasteiger partial charge in [0, 0.05) is 18.3 Å². The summed E-state index contributed by atoms with van der Waals surface area (Å²) in [5.41, 5.74) is 2.22. The largest absolute Gasteiger partial charge is 0.467 e. The van der Waals surface area contributed by atoms with Crippen LogP contribution in [0.3, 0.4) is 0 Å². The molecule has 0 atom stereocenters. The van der Waals surface area contributed by atoms with Crippen LogP contribution in [-0.2, 0) is 17.8 Å². The summed E-state index contributed by atoms with van der Waals surface area (Å²) in [6.07, 6.45) is 1.96. The Morgan fingerprint density at radius 3 is 3.00 bits per heavy atom. The fraction of sp³-hybridized carbons (Fsp3) is 0.200. The number of carbonyl (C=O) groups is 2. The molecule has 0 fully saturated rings. The van der Waals surface area contributed by atoms with Gasteiger partial charge in [0.05, 0.1) is 19.2 Å². The highest BCUT2D eigenvalue weighted by molar-refractivity contribution is 6.02. The summed E-state index contributed by atoms with van der Waals surface area (Å²) in [6, 6.07) is 8.91. The zero-order chi connectivity index (χ0) is 14.1. The van der Waals surface area contributed by atoms with Crippen molar-refractivity contribution in [3.63, 3.8) is 0 Å². The van der Waals surface area contributed by atoms with Gasteiger partial charge in [-0.05, 0) is 29.8 Å². The van der Waals surface area contributed by atoms with Gasteiger partial charge >= 0.3 is 0 Å². The molecular formula is C15H14N2O3. The van der Waals surface area contributed by atoms with Crippen LogP contribution in [0.4, 0.5) is 5.69 Å². The van der Waals surface area contributed by atoms with E-state index >= 15 is 0 Å². The third-order valence-electron chi connectivity index (χ3n) is 3.30. The molecule has 2 heterocycles. The first kappa shape index (κ1) is 12.5. The molecule has 1 aliphatic heterocycles. The molecule has 1 aliphatic rings. The van der Waals surface area contributed by atoms with Gasteiger partial charge in [-0.15, -0.1) is 0 Å². The molecule has 5 nitrogen and oxygen atoms in total. The molecule has 0 radical (unpaired) electrons. The summed E-state index contributed by atoms with van der Waals surface area (Å²) >= 11 is 0. The van der Waals surface area contributed by atoms with Crippen LogP contribution in [0.1, 0.15) is 21.7 Å². The van der Waals surface area contributed by atoms with Crippen molar-refractivity contribution in [1.29, 1.82) is 0 Å². The number of furan rings is 1. The number of rotatable bonds is 3. The minimum atomic E-state index is -0.106. The van der Waals surface area contributed by atoms with Crippen molar-refractivity contribution in [2.24, 2.45) is 0 Å². The van der Waals surface area contributed by atoms with Crippen molar-refractivity contribution < 1.29 is 14.0 Å². The quantitative estimate of drug-likeness (QED) is 0.928. The van der Waals surface area contributed by atoms with E-state index in [4.69, 9.17) is 4.42 Å². The lowest BCUT2D eigenvalue weighted by molar-refractivity contribution is -0.115. The van der Waals surface area contributed by atoms with Crippen LogP contribution in [0, 0.1) is 0 Å². The molecule has 3 rings (SSSR count). The average Bonchev–Trinajstić information content (AvgIpc) is 3.04. The molecule has 0 spiro atoms. The van der Waals surface area contributed by atoms with Crippen LogP contribution in [-0.4, -0.2) is 23.8 Å². The number of nitrogens with zero attached hydrogens (tertiary/aromatic N) is 1. The van der Waals surface area contributed by atoms with E-state index in [-0.39, 0.29) is 11.8 Å². The van der Waals surface area contributed by atoms with E-state index in [9.17, 15) is 9.59 Å². The van der Waals surface area contributed by atoms with E-state index in [1.807, 2.05) is 12.1 Å². The molecule has 102 valence electrons. The van der Waals surface area contributed by atoms with Gasteiger partial charge in [0.2, 0.25) is 5.91 Å². The predicted octanol–water partition coefficient (Wildman–Crippen LogP) is 2.05. The summed E-state index contributed by atoms with van der Waals surface area (Å²) < 4.78 is 5.23. The molecule has 20 heavy (non-hydrogen) atoms. The monoisotopic (exact) mass is 270 g/mol. The Hall–Kier alpha value is -2.56. The fourth-order valence-corrected chi connectivity index (χ4v) is 2.28.